The lowest BCUT2D eigenvalue weighted by atomic mass is 9.85. The van der Waals surface area contributed by atoms with E-state index in [1.165, 1.54) is 0 Å². The van der Waals surface area contributed by atoms with Crippen molar-refractivity contribution < 1.29 is 9.21 Å². The molecule has 0 aliphatic heterocycles. The molecule has 3 N–H and O–H groups in total. The number of hydrogen-bond acceptors (Lipinski definition) is 4. The van der Waals surface area contributed by atoms with Crippen LogP contribution in [0.4, 0.5) is 5.69 Å². The number of hydrogen-bond donors (Lipinski definition) is 3. The summed E-state index contributed by atoms with van der Waals surface area (Å²) in [5.74, 6) is 2.44. The van der Waals surface area contributed by atoms with Crippen LogP contribution in [0.5, 0.6) is 0 Å². The van der Waals surface area contributed by atoms with Crippen LogP contribution in [0, 0.1) is 5.92 Å². The van der Waals surface area contributed by atoms with Gasteiger partial charge in [0.05, 0.1) is 12.7 Å². The number of aliphatic imine (C=N–C) groups is 1. The number of amides is 1. The molecule has 0 bridgehead atoms. The number of aromatic nitrogens is 1. The fourth-order valence-electron chi connectivity index (χ4n) is 2.98. The van der Waals surface area contributed by atoms with Gasteiger partial charge in [-0.1, -0.05) is 39.3 Å². The van der Waals surface area contributed by atoms with Crippen molar-refractivity contribution in [2.24, 2.45) is 10.9 Å². The molecule has 0 spiro atoms. The topological polar surface area (TPSA) is 91.5 Å². The lowest BCUT2D eigenvalue weighted by Crippen LogP contribution is -2.36. The number of carbonyl (C=O) groups excluding carboxylic acids is 1. The first-order valence-electron chi connectivity index (χ1n) is 10.1. The van der Waals surface area contributed by atoms with E-state index in [0.29, 0.717) is 24.9 Å². The van der Waals surface area contributed by atoms with E-state index in [4.69, 9.17) is 4.42 Å². The van der Waals surface area contributed by atoms with Crippen LogP contribution in [-0.4, -0.2) is 23.9 Å². The molecule has 1 aromatic heterocycles. The van der Waals surface area contributed by atoms with E-state index in [1.807, 2.05) is 24.3 Å². The lowest BCUT2D eigenvalue weighted by Gasteiger charge is -2.24. The van der Waals surface area contributed by atoms with Crippen LogP contribution in [-0.2, 0) is 23.3 Å². The first-order valence-corrected chi connectivity index (χ1v) is 10.1. The molecular weight excluding hydrogens is 366 g/mol. The standard InChI is InChI=1S/C22H31N5O2/c1-22(2,3)18-13-24-19(29-18)14-26-21(23-4)25-12-15-7-5-10-17(11-15)27-20(28)16-8-6-9-16/h5,7,10-11,13,16H,6,8-9,12,14H2,1-4H3,(H,27,28)(H2,23,25,26). The van der Waals surface area contributed by atoms with Crippen LogP contribution >= 0.6 is 0 Å². The lowest BCUT2D eigenvalue weighted by molar-refractivity contribution is -0.122. The van der Waals surface area contributed by atoms with Gasteiger partial charge in [0.2, 0.25) is 11.8 Å². The summed E-state index contributed by atoms with van der Waals surface area (Å²) in [6, 6.07) is 7.87. The molecule has 0 saturated heterocycles. The zero-order chi connectivity index (χ0) is 20.9. The van der Waals surface area contributed by atoms with Gasteiger partial charge in [-0.15, -0.1) is 0 Å². The highest BCUT2D eigenvalue weighted by molar-refractivity contribution is 5.93. The van der Waals surface area contributed by atoms with Crippen molar-refractivity contribution in [3.8, 4) is 0 Å². The molecule has 0 atom stereocenters. The Morgan fingerprint density at radius 1 is 1.24 bits per heavy atom. The van der Waals surface area contributed by atoms with Gasteiger partial charge in [0.25, 0.3) is 0 Å². The largest absolute Gasteiger partial charge is 0.443 e. The summed E-state index contributed by atoms with van der Waals surface area (Å²) in [5.41, 5.74) is 1.83. The minimum Gasteiger partial charge on any atom is -0.443 e. The first kappa shape index (κ1) is 20.9. The SMILES string of the molecule is CN=C(NCc1cccc(NC(=O)C2CCC2)c1)NCc1ncc(C(C)(C)C)o1. The Balaban J connectivity index is 1.49. The van der Waals surface area contributed by atoms with E-state index in [1.54, 1.807) is 13.2 Å². The van der Waals surface area contributed by atoms with E-state index >= 15 is 0 Å². The molecule has 156 valence electrons. The summed E-state index contributed by atoms with van der Waals surface area (Å²) < 4.78 is 5.80. The summed E-state index contributed by atoms with van der Waals surface area (Å²) in [6.45, 7) is 7.31. The van der Waals surface area contributed by atoms with Gasteiger partial charge in [0, 0.05) is 30.6 Å². The van der Waals surface area contributed by atoms with E-state index in [0.717, 1.165) is 36.3 Å². The molecular formula is C22H31N5O2. The molecule has 1 aromatic carbocycles. The third-order valence-corrected chi connectivity index (χ3v) is 5.05. The molecule has 29 heavy (non-hydrogen) atoms. The fraction of sp³-hybridized carbons (Fsp3) is 0.500. The van der Waals surface area contributed by atoms with E-state index in [-0.39, 0.29) is 17.2 Å². The predicted molar refractivity (Wildman–Crippen MR) is 115 cm³/mol. The molecule has 1 fully saturated rings. The molecule has 3 rings (SSSR count). The molecule has 1 aliphatic rings. The van der Waals surface area contributed by atoms with Gasteiger partial charge in [-0.2, -0.15) is 0 Å². The molecule has 1 amide bonds. The molecule has 2 aromatic rings. The van der Waals surface area contributed by atoms with Gasteiger partial charge in [0.15, 0.2) is 5.96 Å². The summed E-state index contributed by atoms with van der Waals surface area (Å²) in [6.07, 6.45) is 4.92. The van der Waals surface area contributed by atoms with Gasteiger partial charge >= 0.3 is 0 Å². The number of benzene rings is 1. The number of nitrogens with zero attached hydrogens (tertiary/aromatic N) is 2. The first-order chi connectivity index (χ1) is 13.8. The van der Waals surface area contributed by atoms with Crippen molar-refractivity contribution in [1.82, 2.24) is 15.6 Å². The molecule has 7 heteroatoms. The van der Waals surface area contributed by atoms with Crippen LogP contribution < -0.4 is 16.0 Å². The highest BCUT2D eigenvalue weighted by Crippen LogP contribution is 2.27. The van der Waals surface area contributed by atoms with Crippen molar-refractivity contribution in [3.63, 3.8) is 0 Å². The van der Waals surface area contributed by atoms with Crippen molar-refractivity contribution >= 4 is 17.6 Å². The Kier molecular flexibility index (Phi) is 6.56. The maximum atomic E-state index is 12.1. The summed E-state index contributed by atoms with van der Waals surface area (Å²) in [4.78, 5) is 20.7. The number of guanidine groups is 1. The fourth-order valence-corrected chi connectivity index (χ4v) is 2.98. The van der Waals surface area contributed by atoms with E-state index in [9.17, 15) is 4.79 Å². The van der Waals surface area contributed by atoms with E-state index in [2.05, 4.69) is 46.7 Å². The minimum atomic E-state index is -0.0652. The average molecular weight is 398 g/mol. The number of carbonyl (C=O) groups is 1. The Hall–Kier alpha value is -2.83. The summed E-state index contributed by atoms with van der Waals surface area (Å²) >= 11 is 0. The molecule has 1 saturated carbocycles. The number of anilines is 1. The Bertz CT molecular complexity index is 862. The van der Waals surface area contributed by atoms with Gasteiger partial charge in [-0.05, 0) is 30.5 Å². The number of rotatable bonds is 6. The molecule has 1 heterocycles. The van der Waals surface area contributed by atoms with Crippen LogP contribution in [0.3, 0.4) is 0 Å². The second-order valence-electron chi connectivity index (χ2n) is 8.47. The maximum absolute atomic E-state index is 12.1. The molecule has 0 unspecified atom stereocenters. The maximum Gasteiger partial charge on any atom is 0.227 e. The molecule has 7 nitrogen and oxygen atoms in total. The average Bonchev–Trinajstić information content (AvgIpc) is 3.10. The predicted octanol–water partition coefficient (Wildman–Crippen LogP) is 3.58. The second-order valence-corrected chi connectivity index (χ2v) is 8.47. The Morgan fingerprint density at radius 2 is 2.00 bits per heavy atom. The van der Waals surface area contributed by atoms with E-state index < -0.39 is 0 Å². The summed E-state index contributed by atoms with van der Waals surface area (Å²) in [7, 11) is 1.72. The smallest absolute Gasteiger partial charge is 0.227 e. The Labute approximate surface area is 172 Å². The molecule has 0 radical (unpaired) electrons. The van der Waals surface area contributed by atoms with Gasteiger partial charge in [-0.25, -0.2) is 4.98 Å². The third kappa shape index (κ3) is 5.82. The summed E-state index contributed by atoms with van der Waals surface area (Å²) in [5, 5.41) is 9.50. The van der Waals surface area contributed by atoms with Crippen LogP contribution in [0.15, 0.2) is 39.9 Å². The second kappa shape index (κ2) is 9.11. The van der Waals surface area contributed by atoms with Crippen molar-refractivity contribution in [2.75, 3.05) is 12.4 Å². The third-order valence-electron chi connectivity index (χ3n) is 5.05. The van der Waals surface area contributed by atoms with Crippen molar-refractivity contribution in [2.45, 2.75) is 58.5 Å². The normalized spacial score (nSPS) is 15.0. The van der Waals surface area contributed by atoms with Crippen LogP contribution in [0.2, 0.25) is 0 Å². The van der Waals surface area contributed by atoms with Crippen LogP contribution in [0.1, 0.15) is 57.2 Å². The quantitative estimate of drug-likeness (QED) is 0.512. The van der Waals surface area contributed by atoms with Crippen molar-refractivity contribution in [3.05, 3.63) is 47.7 Å². The monoisotopic (exact) mass is 397 g/mol. The zero-order valence-electron chi connectivity index (χ0n) is 17.7. The Morgan fingerprint density at radius 3 is 2.62 bits per heavy atom. The number of oxazole rings is 1. The van der Waals surface area contributed by atoms with Crippen LogP contribution in [0.25, 0.3) is 0 Å². The highest BCUT2D eigenvalue weighted by Gasteiger charge is 2.25. The van der Waals surface area contributed by atoms with Crippen molar-refractivity contribution in [1.29, 1.82) is 0 Å². The zero-order valence-corrected chi connectivity index (χ0v) is 17.7. The highest BCUT2D eigenvalue weighted by atomic mass is 16.4. The number of nitrogens with one attached hydrogen (secondary N) is 3. The minimum absolute atomic E-state index is 0.0652. The van der Waals surface area contributed by atoms with Gasteiger partial charge in [0.1, 0.15) is 5.76 Å². The molecule has 1 aliphatic carbocycles. The van der Waals surface area contributed by atoms with Gasteiger partial charge < -0.3 is 20.4 Å². The van der Waals surface area contributed by atoms with Gasteiger partial charge in [-0.3, -0.25) is 9.79 Å².